The molecule has 2 heterocycles. The largest absolute Gasteiger partial charge is 0.465 e. The number of benzene rings is 2. The fraction of sp³-hybridized carbons (Fsp3) is 0.448. The number of hydrogen-bond donors (Lipinski definition) is 3. The van der Waals surface area contributed by atoms with Crippen molar-refractivity contribution < 1.29 is 19.4 Å². The molecule has 1 saturated heterocycles. The topological polar surface area (TPSA) is 110 Å². The van der Waals surface area contributed by atoms with Crippen molar-refractivity contribution in [3.63, 3.8) is 0 Å². The number of nitrogens with zero attached hydrogens (tertiary/aromatic N) is 2. The summed E-state index contributed by atoms with van der Waals surface area (Å²) in [5.41, 5.74) is 11.8. The molecule has 0 bridgehead atoms. The zero-order chi connectivity index (χ0) is 26.4. The number of fused-ring (bicyclic) bond motifs is 1. The number of ether oxygens (including phenoxy) is 1. The number of likely N-dealkylation sites (tertiary alicyclic amines) is 1. The number of aromatic nitrogens is 1. The van der Waals surface area contributed by atoms with Crippen molar-refractivity contribution >= 4 is 28.6 Å². The van der Waals surface area contributed by atoms with Crippen LogP contribution in [0.15, 0.2) is 48.5 Å². The van der Waals surface area contributed by atoms with Crippen LogP contribution in [0.25, 0.3) is 10.9 Å². The molecule has 1 aliphatic rings. The van der Waals surface area contributed by atoms with E-state index in [1.54, 1.807) is 19.2 Å². The molecule has 2 aromatic carbocycles. The van der Waals surface area contributed by atoms with Crippen molar-refractivity contribution in [3.8, 4) is 0 Å². The maximum Gasteiger partial charge on any atom is 0.409 e. The van der Waals surface area contributed by atoms with Crippen molar-refractivity contribution in [2.75, 3.05) is 32.1 Å². The molecule has 3 aromatic rings. The van der Waals surface area contributed by atoms with Crippen LogP contribution < -0.4 is 11.1 Å². The van der Waals surface area contributed by atoms with Gasteiger partial charge in [-0.15, -0.1) is 0 Å². The Morgan fingerprint density at radius 3 is 2.68 bits per heavy atom. The molecule has 8 nitrogen and oxygen atoms in total. The van der Waals surface area contributed by atoms with Crippen molar-refractivity contribution in [1.82, 2.24) is 9.47 Å². The monoisotopic (exact) mass is 506 g/mol. The molecule has 0 aliphatic carbocycles. The Labute approximate surface area is 218 Å². The lowest BCUT2D eigenvalue weighted by Gasteiger charge is -2.34. The molecule has 37 heavy (non-hydrogen) atoms. The van der Waals surface area contributed by atoms with Crippen LogP contribution in [0.1, 0.15) is 48.4 Å². The van der Waals surface area contributed by atoms with Gasteiger partial charge in [0.1, 0.15) is 0 Å². The lowest BCUT2D eigenvalue weighted by Crippen LogP contribution is -2.42. The van der Waals surface area contributed by atoms with Crippen LogP contribution in [0.3, 0.4) is 0 Å². The molecule has 2 amide bonds. The quantitative estimate of drug-likeness (QED) is 0.344. The number of methoxy groups -OCH3 is 1. The van der Waals surface area contributed by atoms with E-state index < -0.39 is 6.09 Å². The van der Waals surface area contributed by atoms with Gasteiger partial charge in [-0.2, -0.15) is 0 Å². The molecule has 1 aliphatic heterocycles. The van der Waals surface area contributed by atoms with Gasteiger partial charge in [-0.3, -0.25) is 10.1 Å². The highest BCUT2D eigenvalue weighted by Crippen LogP contribution is 2.36. The summed E-state index contributed by atoms with van der Waals surface area (Å²) in [6.07, 6.45) is 2.73. The second-order valence-corrected chi connectivity index (χ2v) is 10.00. The number of piperidine rings is 1. The van der Waals surface area contributed by atoms with Crippen LogP contribution in [0.2, 0.25) is 0 Å². The first-order valence-electron chi connectivity index (χ1n) is 13.1. The summed E-state index contributed by atoms with van der Waals surface area (Å²) in [6, 6.07) is 15.4. The third kappa shape index (κ3) is 6.50. The molecule has 8 heteroatoms. The summed E-state index contributed by atoms with van der Waals surface area (Å²) in [7, 11) is 1.74. The molecular weight excluding hydrogens is 468 g/mol. The predicted octanol–water partition coefficient (Wildman–Crippen LogP) is 4.74. The highest BCUT2D eigenvalue weighted by molar-refractivity contribution is 5.86. The van der Waals surface area contributed by atoms with Crippen molar-refractivity contribution in [2.24, 2.45) is 5.73 Å². The third-order valence-electron chi connectivity index (χ3n) is 7.30. The Morgan fingerprint density at radius 2 is 1.95 bits per heavy atom. The summed E-state index contributed by atoms with van der Waals surface area (Å²) in [5.74, 6) is 0.388. The summed E-state index contributed by atoms with van der Waals surface area (Å²) in [5, 5.41) is 12.4. The molecule has 0 spiro atoms. The normalized spacial score (nSPS) is 16.6. The molecule has 4 N–H and O–H groups in total. The fourth-order valence-corrected chi connectivity index (χ4v) is 5.63. The van der Waals surface area contributed by atoms with E-state index in [9.17, 15) is 9.59 Å². The van der Waals surface area contributed by atoms with Crippen LogP contribution in [-0.2, 0) is 22.5 Å². The van der Waals surface area contributed by atoms with E-state index in [1.807, 2.05) is 17.0 Å². The van der Waals surface area contributed by atoms with Gasteiger partial charge in [-0.05, 0) is 61.9 Å². The average Bonchev–Trinajstić information content (AvgIpc) is 3.16. The first kappa shape index (κ1) is 26.7. The van der Waals surface area contributed by atoms with Crippen LogP contribution in [0.4, 0.5) is 10.5 Å². The second-order valence-electron chi connectivity index (χ2n) is 10.00. The number of nitrogens with two attached hydrogens (primary N) is 1. The summed E-state index contributed by atoms with van der Waals surface area (Å²) >= 11 is 0. The lowest BCUT2D eigenvalue weighted by atomic mass is 9.91. The number of para-hydroxylation sites is 1. The number of carbonyl (C=O) groups is 2. The average molecular weight is 507 g/mol. The molecule has 198 valence electrons. The first-order chi connectivity index (χ1) is 17.9. The number of aryl methyl sites for hydroxylation is 2. The Hall–Kier alpha value is -3.36. The zero-order valence-corrected chi connectivity index (χ0v) is 21.8. The van der Waals surface area contributed by atoms with Gasteiger partial charge in [-0.25, -0.2) is 4.79 Å². The highest BCUT2D eigenvalue weighted by Gasteiger charge is 2.29. The van der Waals surface area contributed by atoms with Crippen LogP contribution in [-0.4, -0.2) is 59.4 Å². The van der Waals surface area contributed by atoms with Gasteiger partial charge in [0.25, 0.3) is 0 Å². The fourth-order valence-electron chi connectivity index (χ4n) is 5.63. The number of hydrogen-bond acceptors (Lipinski definition) is 4. The summed E-state index contributed by atoms with van der Waals surface area (Å²) < 4.78 is 7.75. The number of nitrogens with one attached hydrogen (secondary N) is 1. The van der Waals surface area contributed by atoms with E-state index in [4.69, 9.17) is 15.6 Å². The SMILES string of the molecule is COCCCn1c(C2CCCN(C(=O)CC(N)Cc3ccc(NC(=O)O)cc3)C2)c(C)c2ccccc21. The van der Waals surface area contributed by atoms with E-state index >= 15 is 0 Å². The molecule has 0 saturated carbocycles. The lowest BCUT2D eigenvalue weighted by molar-refractivity contribution is -0.132. The number of carbonyl (C=O) groups excluding carboxylic acids is 1. The van der Waals surface area contributed by atoms with E-state index in [2.05, 4.69) is 41.1 Å². The minimum Gasteiger partial charge on any atom is -0.465 e. The van der Waals surface area contributed by atoms with E-state index in [0.29, 0.717) is 18.7 Å². The van der Waals surface area contributed by atoms with Gasteiger partial charge in [0.15, 0.2) is 0 Å². The highest BCUT2D eigenvalue weighted by atomic mass is 16.5. The van der Waals surface area contributed by atoms with E-state index in [-0.39, 0.29) is 24.3 Å². The van der Waals surface area contributed by atoms with Gasteiger partial charge in [0.05, 0.1) is 0 Å². The molecule has 2 atom stereocenters. The van der Waals surface area contributed by atoms with Crippen molar-refractivity contribution in [2.45, 2.75) is 57.5 Å². The third-order valence-corrected chi connectivity index (χ3v) is 7.30. The smallest absolute Gasteiger partial charge is 0.409 e. The van der Waals surface area contributed by atoms with Gasteiger partial charge in [0, 0.05) is 74.0 Å². The Morgan fingerprint density at radius 1 is 1.19 bits per heavy atom. The summed E-state index contributed by atoms with van der Waals surface area (Å²) in [4.78, 5) is 26.0. The van der Waals surface area contributed by atoms with Gasteiger partial charge >= 0.3 is 6.09 Å². The molecule has 1 aromatic heterocycles. The van der Waals surface area contributed by atoms with Gasteiger partial charge < -0.3 is 25.0 Å². The Balaban J connectivity index is 1.42. The minimum atomic E-state index is -1.10. The Kier molecular flexibility index (Phi) is 8.84. The number of rotatable bonds is 10. The van der Waals surface area contributed by atoms with Gasteiger partial charge in [-0.1, -0.05) is 30.3 Å². The molecule has 2 unspecified atom stereocenters. The van der Waals surface area contributed by atoms with Crippen molar-refractivity contribution in [3.05, 3.63) is 65.4 Å². The van der Waals surface area contributed by atoms with E-state index in [1.165, 1.54) is 22.2 Å². The minimum absolute atomic E-state index is 0.0982. The maximum absolute atomic E-state index is 13.3. The number of carboxylic acid groups (broad SMARTS) is 1. The van der Waals surface area contributed by atoms with E-state index in [0.717, 1.165) is 44.5 Å². The molecule has 4 rings (SSSR count). The predicted molar refractivity (Wildman–Crippen MR) is 146 cm³/mol. The van der Waals surface area contributed by atoms with Crippen molar-refractivity contribution in [1.29, 1.82) is 0 Å². The first-order valence-corrected chi connectivity index (χ1v) is 13.1. The standard InChI is InChI=1S/C29H38N4O4/c1-20-25-8-3-4-9-26(25)33(15-6-16-37-2)28(20)22-7-5-14-32(19-22)27(34)18-23(30)17-21-10-12-24(13-11-21)31-29(35)36/h3-4,8-13,22-23,31H,5-7,14-19,30H2,1-2H3,(H,35,36). The molecular formula is C29H38N4O4. The Bertz CT molecular complexity index is 1220. The zero-order valence-electron chi connectivity index (χ0n) is 21.8. The van der Waals surface area contributed by atoms with Crippen LogP contribution in [0.5, 0.6) is 0 Å². The number of amides is 2. The van der Waals surface area contributed by atoms with Crippen LogP contribution in [0, 0.1) is 6.92 Å². The van der Waals surface area contributed by atoms with Gasteiger partial charge in [0.2, 0.25) is 5.91 Å². The molecule has 0 radical (unpaired) electrons. The second kappa shape index (κ2) is 12.3. The summed E-state index contributed by atoms with van der Waals surface area (Å²) in [6.45, 7) is 5.30. The molecule has 1 fully saturated rings. The van der Waals surface area contributed by atoms with Crippen LogP contribution >= 0.6 is 0 Å². The number of anilines is 1. The maximum atomic E-state index is 13.3.